The van der Waals surface area contributed by atoms with Gasteiger partial charge in [0.2, 0.25) is 21.8 Å². The minimum atomic E-state index is -3.75. The van der Waals surface area contributed by atoms with Crippen molar-refractivity contribution in [3.8, 4) is 5.75 Å². The van der Waals surface area contributed by atoms with Crippen LogP contribution in [0.3, 0.4) is 0 Å². The lowest BCUT2D eigenvalue weighted by Gasteiger charge is -2.34. The predicted octanol–water partition coefficient (Wildman–Crippen LogP) is 3.18. The molecule has 0 unspecified atom stereocenters. The van der Waals surface area contributed by atoms with Crippen LogP contribution in [0.25, 0.3) is 0 Å². The van der Waals surface area contributed by atoms with E-state index in [0.29, 0.717) is 17.9 Å². The maximum atomic E-state index is 13.6. The van der Waals surface area contributed by atoms with E-state index in [1.807, 2.05) is 33.8 Å². The van der Waals surface area contributed by atoms with Gasteiger partial charge in [-0.05, 0) is 57.0 Å². The molecule has 0 aromatic heterocycles. The molecular formula is C25H35N3O5S. The van der Waals surface area contributed by atoms with Crippen LogP contribution in [-0.2, 0) is 26.2 Å². The van der Waals surface area contributed by atoms with Gasteiger partial charge in [0.1, 0.15) is 18.3 Å². The zero-order chi connectivity index (χ0) is 25.5. The van der Waals surface area contributed by atoms with E-state index in [-0.39, 0.29) is 12.5 Å². The predicted molar refractivity (Wildman–Crippen MR) is 134 cm³/mol. The van der Waals surface area contributed by atoms with E-state index < -0.39 is 34.1 Å². The average molecular weight is 490 g/mol. The van der Waals surface area contributed by atoms with Crippen LogP contribution in [0, 0.1) is 0 Å². The van der Waals surface area contributed by atoms with Gasteiger partial charge in [-0.15, -0.1) is 0 Å². The summed E-state index contributed by atoms with van der Waals surface area (Å²) in [5.74, 6) is -0.149. The number of para-hydroxylation sites is 1. The number of carbonyl (C=O) groups is 2. The minimum absolute atomic E-state index is 0.124. The van der Waals surface area contributed by atoms with Crippen LogP contribution in [0.5, 0.6) is 5.75 Å². The number of anilines is 1. The van der Waals surface area contributed by atoms with Crippen LogP contribution in [0.2, 0.25) is 0 Å². The minimum Gasteiger partial charge on any atom is -0.497 e. The molecule has 1 N–H and O–H groups in total. The van der Waals surface area contributed by atoms with Crippen molar-refractivity contribution in [1.29, 1.82) is 0 Å². The van der Waals surface area contributed by atoms with Gasteiger partial charge < -0.3 is 15.0 Å². The van der Waals surface area contributed by atoms with Gasteiger partial charge in [0.05, 0.1) is 19.1 Å². The summed E-state index contributed by atoms with van der Waals surface area (Å²) in [6.07, 6.45) is 1.42. The van der Waals surface area contributed by atoms with Crippen LogP contribution in [0.1, 0.15) is 39.7 Å². The summed E-state index contributed by atoms with van der Waals surface area (Å²) >= 11 is 0. The van der Waals surface area contributed by atoms with Crippen molar-refractivity contribution in [2.45, 2.75) is 52.2 Å². The fourth-order valence-electron chi connectivity index (χ4n) is 3.55. The van der Waals surface area contributed by atoms with Crippen molar-refractivity contribution in [2.24, 2.45) is 0 Å². The number of amides is 2. The average Bonchev–Trinajstić information content (AvgIpc) is 2.75. The van der Waals surface area contributed by atoms with Crippen LogP contribution >= 0.6 is 0 Å². The van der Waals surface area contributed by atoms with Crippen LogP contribution < -0.4 is 14.4 Å². The van der Waals surface area contributed by atoms with E-state index in [2.05, 4.69) is 5.32 Å². The summed E-state index contributed by atoms with van der Waals surface area (Å²) in [5.41, 5.74) is 0.657. The highest BCUT2D eigenvalue weighted by Gasteiger charge is 2.33. The molecule has 1 atom stereocenters. The van der Waals surface area contributed by atoms with Gasteiger partial charge in [0.25, 0.3) is 0 Å². The Kier molecular flexibility index (Phi) is 9.09. The third kappa shape index (κ3) is 7.76. The Bertz CT molecular complexity index is 1080. The van der Waals surface area contributed by atoms with Crippen molar-refractivity contribution in [3.63, 3.8) is 0 Å². The molecule has 0 bridgehead atoms. The Labute approximate surface area is 202 Å². The Morgan fingerprint density at radius 2 is 1.71 bits per heavy atom. The monoisotopic (exact) mass is 489 g/mol. The van der Waals surface area contributed by atoms with Crippen molar-refractivity contribution in [3.05, 3.63) is 60.2 Å². The van der Waals surface area contributed by atoms with Gasteiger partial charge in [-0.25, -0.2) is 8.42 Å². The van der Waals surface area contributed by atoms with Crippen LogP contribution in [-0.4, -0.2) is 56.6 Å². The highest BCUT2D eigenvalue weighted by atomic mass is 32.2. The van der Waals surface area contributed by atoms with Crippen molar-refractivity contribution < 1.29 is 22.7 Å². The molecule has 0 fully saturated rings. The Morgan fingerprint density at radius 1 is 1.06 bits per heavy atom. The second-order valence-corrected chi connectivity index (χ2v) is 11.0. The van der Waals surface area contributed by atoms with Crippen LogP contribution in [0.4, 0.5) is 5.69 Å². The molecule has 0 heterocycles. The molecule has 0 saturated carbocycles. The lowest BCUT2D eigenvalue weighted by Crippen LogP contribution is -2.55. The van der Waals surface area contributed by atoms with E-state index in [9.17, 15) is 18.0 Å². The molecule has 2 amide bonds. The molecule has 0 spiro atoms. The number of rotatable bonds is 10. The summed E-state index contributed by atoms with van der Waals surface area (Å²) in [7, 11) is -2.19. The zero-order valence-electron chi connectivity index (χ0n) is 20.7. The Morgan fingerprint density at radius 3 is 2.24 bits per heavy atom. The maximum absolute atomic E-state index is 13.6. The number of sulfonamides is 1. The number of benzene rings is 2. The number of hydrogen-bond donors (Lipinski definition) is 1. The van der Waals surface area contributed by atoms with E-state index in [0.717, 1.165) is 16.1 Å². The lowest BCUT2D eigenvalue weighted by molar-refractivity contribution is -0.141. The molecule has 0 saturated heterocycles. The molecule has 0 aliphatic heterocycles. The highest BCUT2D eigenvalue weighted by Crippen LogP contribution is 2.21. The fourth-order valence-corrected chi connectivity index (χ4v) is 4.40. The van der Waals surface area contributed by atoms with E-state index in [1.165, 1.54) is 4.90 Å². The fraction of sp³-hybridized carbons (Fsp3) is 0.440. The van der Waals surface area contributed by atoms with E-state index in [1.54, 1.807) is 55.6 Å². The van der Waals surface area contributed by atoms with Crippen molar-refractivity contribution in [1.82, 2.24) is 10.2 Å². The number of nitrogens with one attached hydrogen (secondary N) is 1. The van der Waals surface area contributed by atoms with Gasteiger partial charge >= 0.3 is 0 Å². The molecule has 0 aliphatic carbocycles. The maximum Gasteiger partial charge on any atom is 0.244 e. The molecule has 8 nitrogen and oxygen atoms in total. The van der Waals surface area contributed by atoms with Gasteiger partial charge in [-0.2, -0.15) is 0 Å². The summed E-state index contributed by atoms with van der Waals surface area (Å²) < 4.78 is 31.5. The summed E-state index contributed by atoms with van der Waals surface area (Å²) in [6, 6.07) is 14.9. The number of hydrogen-bond acceptors (Lipinski definition) is 5. The van der Waals surface area contributed by atoms with Crippen molar-refractivity contribution >= 4 is 27.5 Å². The third-order valence-electron chi connectivity index (χ3n) is 5.09. The second kappa shape index (κ2) is 11.4. The Hall–Kier alpha value is -3.07. The summed E-state index contributed by atoms with van der Waals surface area (Å²) in [6.45, 7) is 7.13. The number of methoxy groups -OCH3 is 1. The Balaban J connectivity index is 2.45. The van der Waals surface area contributed by atoms with Gasteiger partial charge in [-0.3, -0.25) is 13.9 Å². The molecule has 2 aromatic rings. The van der Waals surface area contributed by atoms with Gasteiger partial charge in [0, 0.05) is 12.1 Å². The quantitative estimate of drug-likeness (QED) is 0.553. The number of carbonyl (C=O) groups excluding carboxylic acids is 2. The summed E-state index contributed by atoms with van der Waals surface area (Å²) in [4.78, 5) is 28.2. The van der Waals surface area contributed by atoms with E-state index >= 15 is 0 Å². The molecule has 2 rings (SSSR count). The molecular weight excluding hydrogens is 454 g/mol. The molecule has 186 valence electrons. The molecule has 0 aliphatic rings. The standard InChI is InChI=1S/C25H35N3O5S/c1-7-22(24(30)26-25(2,3)4)27(17-19-12-11-15-21(16-19)33-5)23(29)18-28(34(6,31)32)20-13-9-8-10-14-20/h8-16,22H,7,17-18H2,1-6H3,(H,26,30)/t22-/m0/s1. The molecule has 2 aromatic carbocycles. The highest BCUT2D eigenvalue weighted by molar-refractivity contribution is 7.92. The van der Waals surface area contributed by atoms with Gasteiger partial charge in [-0.1, -0.05) is 37.3 Å². The number of ether oxygens (including phenoxy) is 1. The first-order chi connectivity index (χ1) is 15.9. The largest absolute Gasteiger partial charge is 0.497 e. The van der Waals surface area contributed by atoms with Gasteiger partial charge in [0.15, 0.2) is 0 Å². The first kappa shape index (κ1) is 27.2. The van der Waals surface area contributed by atoms with Crippen molar-refractivity contribution in [2.75, 3.05) is 24.2 Å². The second-order valence-electron chi connectivity index (χ2n) is 9.14. The smallest absolute Gasteiger partial charge is 0.244 e. The summed E-state index contributed by atoms with van der Waals surface area (Å²) in [5, 5.41) is 2.94. The lowest BCUT2D eigenvalue weighted by atomic mass is 10.1. The molecule has 9 heteroatoms. The topological polar surface area (TPSA) is 96.0 Å². The first-order valence-corrected chi connectivity index (χ1v) is 13.0. The molecule has 34 heavy (non-hydrogen) atoms. The SMILES string of the molecule is CC[C@@H](C(=O)NC(C)(C)C)N(Cc1cccc(OC)c1)C(=O)CN(c1ccccc1)S(C)(=O)=O. The first-order valence-electron chi connectivity index (χ1n) is 11.1. The normalized spacial score (nSPS) is 12.5. The van der Waals surface area contributed by atoms with Crippen LogP contribution in [0.15, 0.2) is 54.6 Å². The third-order valence-corrected chi connectivity index (χ3v) is 6.24. The van der Waals surface area contributed by atoms with E-state index in [4.69, 9.17) is 4.74 Å². The number of nitrogens with zero attached hydrogens (tertiary/aromatic N) is 2. The zero-order valence-corrected chi connectivity index (χ0v) is 21.6. The molecule has 0 radical (unpaired) electrons.